The molecule has 0 bridgehead atoms. The first-order valence-electron chi connectivity index (χ1n) is 6.24. The van der Waals surface area contributed by atoms with Crippen LogP contribution in [0.5, 0.6) is 0 Å². The number of carboxylic acids is 1. The Hall–Kier alpha value is -1.10. The molecular weight excluding hydrogens is 220 g/mol. The fraction of sp³-hybridized carbons (Fsp3) is 0.833. The van der Waals surface area contributed by atoms with E-state index < -0.39 is 12.0 Å². The summed E-state index contributed by atoms with van der Waals surface area (Å²) in [5, 5.41) is 11.9. The number of piperidine rings is 1. The average molecular weight is 242 g/mol. The van der Waals surface area contributed by atoms with Crippen molar-refractivity contribution in [2.45, 2.75) is 39.2 Å². The highest BCUT2D eigenvalue weighted by Crippen LogP contribution is 2.16. The topological polar surface area (TPSA) is 69.6 Å². The van der Waals surface area contributed by atoms with E-state index in [2.05, 4.69) is 5.32 Å². The number of rotatable bonds is 5. The van der Waals surface area contributed by atoms with Crippen LogP contribution in [0.3, 0.4) is 0 Å². The summed E-state index contributed by atoms with van der Waals surface area (Å²) in [7, 11) is 0. The summed E-state index contributed by atoms with van der Waals surface area (Å²) < 4.78 is 0. The molecule has 1 atom stereocenters. The lowest BCUT2D eigenvalue weighted by Gasteiger charge is -2.32. The van der Waals surface area contributed by atoms with E-state index in [1.807, 2.05) is 13.8 Å². The van der Waals surface area contributed by atoms with Gasteiger partial charge in [0.25, 0.3) is 0 Å². The van der Waals surface area contributed by atoms with Crippen molar-refractivity contribution in [3.63, 3.8) is 0 Å². The molecule has 98 valence electrons. The van der Waals surface area contributed by atoms with Crippen molar-refractivity contribution >= 4 is 11.9 Å². The Balaban J connectivity index is 2.42. The summed E-state index contributed by atoms with van der Waals surface area (Å²) in [6, 6.07) is -0.492. The molecule has 5 heteroatoms. The highest BCUT2D eigenvalue weighted by Gasteiger charge is 2.29. The van der Waals surface area contributed by atoms with Crippen LogP contribution in [0.15, 0.2) is 0 Å². The fourth-order valence-corrected chi connectivity index (χ4v) is 2.02. The number of carbonyl (C=O) groups excluding carboxylic acids is 1. The quantitative estimate of drug-likeness (QED) is 0.744. The first kappa shape index (κ1) is 14.0. The van der Waals surface area contributed by atoms with E-state index in [9.17, 15) is 9.59 Å². The molecule has 1 heterocycles. The van der Waals surface area contributed by atoms with Gasteiger partial charge in [0.15, 0.2) is 0 Å². The number of hydrogen-bond donors (Lipinski definition) is 2. The summed E-state index contributed by atoms with van der Waals surface area (Å²) in [5.41, 5.74) is 0. The maximum atomic E-state index is 11.6. The van der Waals surface area contributed by atoms with Crippen LogP contribution in [0, 0.1) is 5.92 Å². The smallest absolute Gasteiger partial charge is 0.320 e. The maximum Gasteiger partial charge on any atom is 0.320 e. The van der Waals surface area contributed by atoms with E-state index in [1.54, 1.807) is 4.90 Å². The van der Waals surface area contributed by atoms with Crippen LogP contribution in [0.1, 0.15) is 33.1 Å². The van der Waals surface area contributed by atoms with E-state index in [4.69, 9.17) is 5.11 Å². The molecule has 2 N–H and O–H groups in total. The van der Waals surface area contributed by atoms with Crippen LogP contribution in [0.4, 0.5) is 0 Å². The number of amides is 1. The summed E-state index contributed by atoms with van der Waals surface area (Å²) in [6.07, 6.45) is 2.55. The van der Waals surface area contributed by atoms with E-state index in [0.717, 1.165) is 12.8 Å². The minimum absolute atomic E-state index is 0.0770. The van der Waals surface area contributed by atoms with E-state index in [0.29, 0.717) is 25.4 Å². The van der Waals surface area contributed by atoms with Crippen molar-refractivity contribution < 1.29 is 14.7 Å². The number of nitrogens with one attached hydrogen (secondary N) is 1. The zero-order valence-electron chi connectivity index (χ0n) is 10.6. The molecule has 1 aliphatic heterocycles. The largest absolute Gasteiger partial charge is 0.480 e. The van der Waals surface area contributed by atoms with Gasteiger partial charge in [-0.2, -0.15) is 0 Å². The van der Waals surface area contributed by atoms with E-state index in [-0.39, 0.29) is 12.5 Å². The fourth-order valence-electron chi connectivity index (χ4n) is 2.02. The molecule has 1 amide bonds. The van der Waals surface area contributed by atoms with Crippen LogP contribution < -0.4 is 5.32 Å². The van der Waals surface area contributed by atoms with Crippen LogP contribution in [0.25, 0.3) is 0 Å². The highest BCUT2D eigenvalue weighted by atomic mass is 16.4. The molecule has 1 aliphatic rings. The minimum Gasteiger partial charge on any atom is -0.480 e. The lowest BCUT2D eigenvalue weighted by molar-refractivity contribution is -0.145. The van der Waals surface area contributed by atoms with Gasteiger partial charge < -0.3 is 10.4 Å². The van der Waals surface area contributed by atoms with Crippen molar-refractivity contribution in [1.82, 2.24) is 10.2 Å². The normalized spacial score (nSPS) is 21.5. The molecule has 0 spiro atoms. The van der Waals surface area contributed by atoms with Gasteiger partial charge in [-0.25, -0.2) is 0 Å². The van der Waals surface area contributed by atoms with Crippen molar-refractivity contribution in [1.29, 1.82) is 0 Å². The molecule has 1 unspecified atom stereocenters. The third kappa shape index (κ3) is 4.73. The lowest BCUT2D eigenvalue weighted by atomic mass is 10.0. The Bertz CT molecular complexity index is 279. The van der Waals surface area contributed by atoms with Gasteiger partial charge in [0, 0.05) is 6.54 Å². The van der Waals surface area contributed by atoms with Crippen LogP contribution in [-0.4, -0.2) is 47.6 Å². The summed E-state index contributed by atoms with van der Waals surface area (Å²) in [4.78, 5) is 24.4. The van der Waals surface area contributed by atoms with Gasteiger partial charge in [-0.15, -0.1) is 0 Å². The number of carboxylic acid groups (broad SMARTS) is 1. The summed E-state index contributed by atoms with van der Waals surface area (Å²) >= 11 is 0. The molecule has 0 radical (unpaired) electrons. The summed E-state index contributed by atoms with van der Waals surface area (Å²) in [5.74, 6) is -0.483. The first-order valence-corrected chi connectivity index (χ1v) is 6.24. The third-order valence-electron chi connectivity index (χ3n) is 2.95. The highest BCUT2D eigenvalue weighted by molar-refractivity contribution is 5.80. The molecule has 0 aromatic rings. The molecule has 1 rings (SSSR count). The van der Waals surface area contributed by atoms with E-state index in [1.165, 1.54) is 0 Å². The standard InChI is InChI=1S/C12H22N2O3/c1-9(2)7-13-11(15)8-14-6-4-3-5-10(14)12(16)17/h9-10H,3-8H2,1-2H3,(H,13,15)(H,16,17). The number of carbonyl (C=O) groups is 2. The molecule has 1 saturated heterocycles. The van der Waals surface area contributed by atoms with Gasteiger partial charge in [0.2, 0.25) is 5.91 Å². The molecule has 0 saturated carbocycles. The SMILES string of the molecule is CC(C)CNC(=O)CN1CCCCC1C(=O)O. The lowest BCUT2D eigenvalue weighted by Crippen LogP contribution is -2.49. The molecule has 0 aromatic carbocycles. The average Bonchev–Trinajstić information content (AvgIpc) is 2.27. The molecule has 5 nitrogen and oxygen atoms in total. The Kier molecular flexibility index (Phi) is 5.41. The van der Waals surface area contributed by atoms with E-state index >= 15 is 0 Å². The molecule has 0 aliphatic carbocycles. The number of aliphatic carboxylic acids is 1. The van der Waals surface area contributed by atoms with Crippen LogP contribution in [-0.2, 0) is 9.59 Å². The maximum absolute atomic E-state index is 11.6. The third-order valence-corrected chi connectivity index (χ3v) is 2.95. The molecule has 1 fully saturated rings. The van der Waals surface area contributed by atoms with Gasteiger partial charge in [-0.3, -0.25) is 14.5 Å². The van der Waals surface area contributed by atoms with Crippen molar-refractivity contribution in [3.05, 3.63) is 0 Å². The zero-order chi connectivity index (χ0) is 12.8. The Labute approximate surface area is 102 Å². The van der Waals surface area contributed by atoms with Gasteiger partial charge in [0.05, 0.1) is 6.54 Å². The van der Waals surface area contributed by atoms with Crippen LogP contribution in [0.2, 0.25) is 0 Å². The van der Waals surface area contributed by atoms with Crippen molar-refractivity contribution in [2.75, 3.05) is 19.6 Å². The Morgan fingerprint density at radius 3 is 2.71 bits per heavy atom. The molecule has 0 aromatic heterocycles. The van der Waals surface area contributed by atoms with Crippen LogP contribution >= 0.6 is 0 Å². The molecular formula is C12H22N2O3. The second-order valence-corrected chi connectivity index (χ2v) is 5.02. The van der Waals surface area contributed by atoms with Gasteiger partial charge in [-0.05, 0) is 25.3 Å². The van der Waals surface area contributed by atoms with Gasteiger partial charge in [-0.1, -0.05) is 20.3 Å². The number of nitrogens with zero attached hydrogens (tertiary/aromatic N) is 1. The number of hydrogen-bond acceptors (Lipinski definition) is 3. The second-order valence-electron chi connectivity index (χ2n) is 5.02. The monoisotopic (exact) mass is 242 g/mol. The summed E-state index contributed by atoms with van der Waals surface area (Å²) in [6.45, 7) is 5.60. The predicted octanol–water partition coefficient (Wildman–Crippen LogP) is 0.698. The second kappa shape index (κ2) is 6.59. The first-order chi connectivity index (χ1) is 8.00. The predicted molar refractivity (Wildman–Crippen MR) is 64.7 cm³/mol. The minimum atomic E-state index is -0.818. The Morgan fingerprint density at radius 2 is 2.12 bits per heavy atom. The zero-order valence-corrected chi connectivity index (χ0v) is 10.6. The molecule has 17 heavy (non-hydrogen) atoms. The van der Waals surface area contributed by atoms with Crippen molar-refractivity contribution in [2.24, 2.45) is 5.92 Å². The van der Waals surface area contributed by atoms with Gasteiger partial charge in [0.1, 0.15) is 6.04 Å². The van der Waals surface area contributed by atoms with Crippen molar-refractivity contribution in [3.8, 4) is 0 Å². The van der Waals surface area contributed by atoms with Gasteiger partial charge >= 0.3 is 5.97 Å². The number of likely N-dealkylation sites (tertiary alicyclic amines) is 1. The Morgan fingerprint density at radius 1 is 1.41 bits per heavy atom.